The van der Waals surface area contributed by atoms with Crippen molar-refractivity contribution in [3.8, 4) is 11.3 Å². The molecule has 116 valence electrons. The second-order valence-corrected chi connectivity index (χ2v) is 6.57. The van der Waals surface area contributed by atoms with Crippen molar-refractivity contribution in [3.05, 3.63) is 46.5 Å². The Labute approximate surface area is 138 Å². The van der Waals surface area contributed by atoms with Crippen LogP contribution >= 0.6 is 11.6 Å². The van der Waals surface area contributed by atoms with E-state index in [1.54, 1.807) is 6.07 Å². The van der Waals surface area contributed by atoms with Crippen LogP contribution in [-0.2, 0) is 0 Å². The molecule has 1 heterocycles. The number of nitrogens with zero attached hydrogens (tertiary/aromatic N) is 1. The molecule has 23 heavy (non-hydrogen) atoms. The summed E-state index contributed by atoms with van der Waals surface area (Å²) in [6.45, 7) is 4.98. The monoisotopic (exact) mass is 326 g/mol. The lowest BCUT2D eigenvalue weighted by atomic mass is 9.87. The van der Waals surface area contributed by atoms with Crippen LogP contribution in [0.3, 0.4) is 0 Å². The molecule has 4 nitrogen and oxygen atoms in total. The van der Waals surface area contributed by atoms with Crippen LogP contribution in [0.1, 0.15) is 29.8 Å². The Bertz CT molecular complexity index is 944. The summed E-state index contributed by atoms with van der Waals surface area (Å²) in [7, 11) is 0. The number of anilines is 1. The van der Waals surface area contributed by atoms with E-state index < -0.39 is 0 Å². The molecule has 0 aliphatic heterocycles. The van der Waals surface area contributed by atoms with E-state index in [-0.39, 0.29) is 5.78 Å². The second-order valence-electron chi connectivity index (χ2n) is 6.17. The highest BCUT2D eigenvalue weighted by Gasteiger charge is 2.32. The standard InChI is InChI=1S/C18H15ClN2O2/c1-9(2)8-20-13-7-12(19)16-15-14(13)17(22)10-5-3-4-6-11(10)18(15)23-21-16/h3-7,9,20H,8H2,1-2H3. The van der Waals surface area contributed by atoms with Crippen molar-refractivity contribution in [2.45, 2.75) is 13.8 Å². The molecular weight excluding hydrogens is 312 g/mol. The number of rotatable bonds is 3. The Kier molecular flexibility index (Phi) is 3.16. The molecule has 1 aromatic heterocycles. The van der Waals surface area contributed by atoms with Crippen LogP contribution < -0.4 is 5.32 Å². The van der Waals surface area contributed by atoms with Gasteiger partial charge in [-0.05, 0) is 12.0 Å². The Hall–Kier alpha value is -2.33. The zero-order valence-electron chi connectivity index (χ0n) is 12.8. The molecule has 0 saturated heterocycles. The molecule has 5 heteroatoms. The van der Waals surface area contributed by atoms with Gasteiger partial charge in [-0.2, -0.15) is 0 Å². The number of hydrogen-bond acceptors (Lipinski definition) is 4. The third kappa shape index (κ3) is 2.05. The summed E-state index contributed by atoms with van der Waals surface area (Å²) in [4.78, 5) is 13.0. The maximum Gasteiger partial charge on any atom is 0.196 e. The molecule has 1 N–H and O–H groups in total. The SMILES string of the molecule is CC(C)CNc1cc(Cl)c2noc3c2c1C(=O)c1ccccc1-3. The first-order valence-corrected chi connectivity index (χ1v) is 7.95. The van der Waals surface area contributed by atoms with Gasteiger partial charge in [-0.1, -0.05) is 54.9 Å². The van der Waals surface area contributed by atoms with Crippen LogP contribution in [0, 0.1) is 5.92 Å². The quantitative estimate of drug-likeness (QED) is 0.589. The van der Waals surface area contributed by atoms with Crippen LogP contribution in [0.25, 0.3) is 22.2 Å². The maximum atomic E-state index is 13.0. The summed E-state index contributed by atoms with van der Waals surface area (Å²) < 4.78 is 5.52. The summed E-state index contributed by atoms with van der Waals surface area (Å²) in [5.74, 6) is 1.04. The average Bonchev–Trinajstić information content (AvgIpc) is 2.97. The molecule has 0 amide bonds. The summed E-state index contributed by atoms with van der Waals surface area (Å²) in [5, 5.41) is 8.59. The smallest absolute Gasteiger partial charge is 0.196 e. The van der Waals surface area contributed by atoms with E-state index in [2.05, 4.69) is 24.3 Å². The van der Waals surface area contributed by atoms with E-state index in [1.165, 1.54) is 0 Å². The number of benzene rings is 2. The fraction of sp³-hybridized carbons (Fsp3) is 0.222. The number of hydrogen-bond donors (Lipinski definition) is 1. The van der Waals surface area contributed by atoms with Crippen molar-refractivity contribution in [2.24, 2.45) is 5.92 Å². The van der Waals surface area contributed by atoms with E-state index in [9.17, 15) is 4.79 Å². The van der Waals surface area contributed by atoms with Gasteiger partial charge in [-0.3, -0.25) is 4.79 Å². The maximum absolute atomic E-state index is 13.0. The third-order valence-electron chi connectivity index (χ3n) is 4.05. The van der Waals surface area contributed by atoms with Crippen molar-refractivity contribution in [1.29, 1.82) is 0 Å². The zero-order valence-corrected chi connectivity index (χ0v) is 13.6. The summed E-state index contributed by atoms with van der Waals surface area (Å²) >= 11 is 6.34. The highest BCUT2D eigenvalue weighted by atomic mass is 35.5. The van der Waals surface area contributed by atoms with Crippen LogP contribution in [0.5, 0.6) is 0 Å². The minimum Gasteiger partial charge on any atom is -0.384 e. The van der Waals surface area contributed by atoms with E-state index in [1.807, 2.05) is 24.3 Å². The molecule has 0 atom stereocenters. The fourth-order valence-corrected chi connectivity index (χ4v) is 3.21. The van der Waals surface area contributed by atoms with Crippen molar-refractivity contribution in [1.82, 2.24) is 5.16 Å². The number of carbonyl (C=O) groups is 1. The molecule has 0 unspecified atom stereocenters. The van der Waals surface area contributed by atoms with Crippen molar-refractivity contribution in [2.75, 3.05) is 11.9 Å². The molecule has 2 aromatic carbocycles. The van der Waals surface area contributed by atoms with Crippen LogP contribution in [-0.4, -0.2) is 17.5 Å². The van der Waals surface area contributed by atoms with Crippen LogP contribution in [0.4, 0.5) is 5.69 Å². The van der Waals surface area contributed by atoms with Gasteiger partial charge in [-0.25, -0.2) is 0 Å². The van der Waals surface area contributed by atoms with Crippen molar-refractivity contribution in [3.63, 3.8) is 0 Å². The topological polar surface area (TPSA) is 55.1 Å². The van der Waals surface area contributed by atoms with Gasteiger partial charge in [-0.15, -0.1) is 0 Å². The van der Waals surface area contributed by atoms with E-state index in [0.29, 0.717) is 38.7 Å². The van der Waals surface area contributed by atoms with Crippen molar-refractivity contribution >= 4 is 34.0 Å². The predicted molar refractivity (Wildman–Crippen MR) is 91.2 cm³/mol. The van der Waals surface area contributed by atoms with Crippen molar-refractivity contribution < 1.29 is 9.32 Å². The largest absolute Gasteiger partial charge is 0.384 e. The molecule has 0 radical (unpaired) electrons. The first kappa shape index (κ1) is 14.3. The first-order valence-electron chi connectivity index (χ1n) is 7.57. The van der Waals surface area contributed by atoms with Gasteiger partial charge in [0.05, 0.1) is 16.0 Å². The van der Waals surface area contributed by atoms with E-state index in [4.69, 9.17) is 16.1 Å². The molecule has 0 fully saturated rings. The van der Waals surface area contributed by atoms with Crippen LogP contribution in [0.15, 0.2) is 34.9 Å². The number of ketones is 1. The normalized spacial score (nSPS) is 12.8. The Morgan fingerprint density at radius 3 is 2.74 bits per heavy atom. The third-order valence-corrected chi connectivity index (χ3v) is 4.34. The number of halogens is 1. The molecule has 0 saturated carbocycles. The lowest BCUT2D eigenvalue weighted by Gasteiger charge is -2.19. The molecule has 4 rings (SSSR count). The van der Waals surface area contributed by atoms with E-state index in [0.717, 1.165) is 17.8 Å². The highest BCUT2D eigenvalue weighted by Crippen LogP contribution is 2.44. The molecule has 1 aliphatic rings. The van der Waals surface area contributed by atoms with Gasteiger partial charge >= 0.3 is 0 Å². The number of carbonyl (C=O) groups excluding carboxylic acids is 1. The summed E-state index contributed by atoms with van der Waals surface area (Å²) in [6, 6.07) is 9.19. The van der Waals surface area contributed by atoms with E-state index >= 15 is 0 Å². The lowest BCUT2D eigenvalue weighted by Crippen LogP contribution is -2.15. The zero-order chi connectivity index (χ0) is 16.1. The van der Waals surface area contributed by atoms with Crippen LogP contribution in [0.2, 0.25) is 5.02 Å². The predicted octanol–water partition coefficient (Wildman–Crippen LogP) is 4.76. The van der Waals surface area contributed by atoms with Gasteiger partial charge in [0.25, 0.3) is 0 Å². The average molecular weight is 327 g/mol. The molecule has 3 aromatic rings. The van der Waals surface area contributed by atoms with Gasteiger partial charge in [0.1, 0.15) is 5.52 Å². The molecule has 0 bridgehead atoms. The minimum atomic E-state index is -0.0239. The van der Waals surface area contributed by atoms with Gasteiger partial charge in [0, 0.05) is 23.4 Å². The summed E-state index contributed by atoms with van der Waals surface area (Å²) in [6.07, 6.45) is 0. The Morgan fingerprint density at radius 2 is 2.00 bits per heavy atom. The van der Waals surface area contributed by atoms with Gasteiger partial charge < -0.3 is 9.84 Å². The second kappa shape index (κ2) is 5.10. The minimum absolute atomic E-state index is 0.0239. The molecular formula is C18H15ClN2O2. The summed E-state index contributed by atoms with van der Waals surface area (Å²) in [5.41, 5.74) is 3.27. The Balaban J connectivity index is 2.03. The number of fused-ring (bicyclic) bond motifs is 2. The Morgan fingerprint density at radius 1 is 1.26 bits per heavy atom. The lowest BCUT2D eigenvalue weighted by molar-refractivity contribution is 0.104. The fourth-order valence-electron chi connectivity index (χ4n) is 2.97. The molecule has 0 spiro atoms. The highest BCUT2D eigenvalue weighted by molar-refractivity contribution is 6.38. The number of aromatic nitrogens is 1. The number of nitrogens with one attached hydrogen (secondary N) is 1. The first-order chi connectivity index (χ1) is 11.1. The van der Waals surface area contributed by atoms with Gasteiger partial charge in [0.2, 0.25) is 0 Å². The molecule has 1 aliphatic carbocycles. The van der Waals surface area contributed by atoms with Gasteiger partial charge in [0.15, 0.2) is 11.5 Å².